The van der Waals surface area contributed by atoms with Crippen LogP contribution in [0.3, 0.4) is 0 Å². The van der Waals surface area contributed by atoms with E-state index in [-0.39, 0.29) is 6.61 Å². The van der Waals surface area contributed by atoms with Crippen molar-refractivity contribution in [2.24, 2.45) is 0 Å². The van der Waals surface area contributed by atoms with Crippen molar-refractivity contribution in [1.29, 1.82) is 0 Å². The minimum Gasteiger partial charge on any atom is -0.482 e. The fourth-order valence-corrected chi connectivity index (χ4v) is 4.09. The molecule has 1 aromatic heterocycles. The molecule has 0 atom stereocenters. The predicted octanol–water partition coefficient (Wildman–Crippen LogP) is 6.09. The second-order valence-corrected chi connectivity index (χ2v) is 8.03. The Morgan fingerprint density at radius 1 is 1.10 bits per heavy atom. The molecule has 3 rings (SSSR count). The van der Waals surface area contributed by atoms with Gasteiger partial charge < -0.3 is 14.8 Å². The standard InChI is InChI=1S/C22H19Cl2NO4S/c1-3-13-4-6-14(7-5-13)16-12-30-21(20(16)22(27)28-2)25-19(26)11-29-18-10-15(23)8-9-17(18)24/h4-10,12H,3,11H2,1-2H3,(H,25,26). The molecular formula is C22H19Cl2NO4S. The van der Waals surface area contributed by atoms with Gasteiger partial charge in [-0.3, -0.25) is 4.79 Å². The first-order valence-electron chi connectivity index (χ1n) is 9.09. The lowest BCUT2D eigenvalue weighted by Gasteiger charge is -2.10. The zero-order valence-electron chi connectivity index (χ0n) is 16.3. The summed E-state index contributed by atoms with van der Waals surface area (Å²) in [6.45, 7) is 1.78. The second-order valence-electron chi connectivity index (χ2n) is 6.31. The Labute approximate surface area is 188 Å². The maximum absolute atomic E-state index is 12.4. The van der Waals surface area contributed by atoms with Gasteiger partial charge in [0, 0.05) is 22.0 Å². The third-order valence-corrected chi connectivity index (χ3v) is 5.80. The molecular weight excluding hydrogens is 445 g/mol. The van der Waals surface area contributed by atoms with Crippen LogP contribution in [-0.4, -0.2) is 25.6 Å². The molecule has 1 N–H and O–H groups in total. The fourth-order valence-electron chi connectivity index (χ4n) is 2.78. The summed E-state index contributed by atoms with van der Waals surface area (Å²) in [5, 5.41) is 5.72. The van der Waals surface area contributed by atoms with Gasteiger partial charge in [0.1, 0.15) is 16.3 Å². The van der Waals surface area contributed by atoms with Gasteiger partial charge in [-0.15, -0.1) is 11.3 Å². The van der Waals surface area contributed by atoms with Crippen molar-refractivity contribution in [3.63, 3.8) is 0 Å². The minimum absolute atomic E-state index is 0.293. The van der Waals surface area contributed by atoms with Gasteiger partial charge in [0.05, 0.1) is 12.1 Å². The third-order valence-electron chi connectivity index (χ3n) is 4.36. The topological polar surface area (TPSA) is 64.6 Å². The van der Waals surface area contributed by atoms with Gasteiger partial charge in [0.2, 0.25) is 0 Å². The van der Waals surface area contributed by atoms with Crippen LogP contribution in [-0.2, 0) is 16.0 Å². The van der Waals surface area contributed by atoms with Gasteiger partial charge in [-0.1, -0.05) is 54.4 Å². The van der Waals surface area contributed by atoms with Crippen LogP contribution in [0.25, 0.3) is 11.1 Å². The summed E-state index contributed by atoms with van der Waals surface area (Å²) < 4.78 is 10.4. The van der Waals surface area contributed by atoms with Crippen molar-refractivity contribution in [3.05, 3.63) is 69.0 Å². The average Bonchev–Trinajstić information content (AvgIpc) is 3.17. The Bertz CT molecular complexity index is 1060. The number of carbonyl (C=O) groups is 2. The fraction of sp³-hybridized carbons (Fsp3) is 0.182. The summed E-state index contributed by atoms with van der Waals surface area (Å²) in [7, 11) is 1.31. The molecule has 5 nitrogen and oxygen atoms in total. The Morgan fingerprint density at radius 3 is 2.50 bits per heavy atom. The van der Waals surface area contributed by atoms with Crippen molar-refractivity contribution in [1.82, 2.24) is 0 Å². The summed E-state index contributed by atoms with van der Waals surface area (Å²) in [5.74, 6) is -0.666. The van der Waals surface area contributed by atoms with Gasteiger partial charge in [0.25, 0.3) is 5.91 Å². The zero-order chi connectivity index (χ0) is 21.7. The number of esters is 1. The Kier molecular flexibility index (Phi) is 7.37. The number of hydrogen-bond acceptors (Lipinski definition) is 5. The van der Waals surface area contributed by atoms with Crippen LogP contribution in [0, 0.1) is 0 Å². The molecule has 0 fully saturated rings. The molecule has 0 aliphatic rings. The zero-order valence-corrected chi connectivity index (χ0v) is 18.7. The van der Waals surface area contributed by atoms with Gasteiger partial charge >= 0.3 is 5.97 Å². The Balaban J connectivity index is 1.79. The maximum atomic E-state index is 12.4. The first-order chi connectivity index (χ1) is 14.4. The van der Waals surface area contributed by atoms with Crippen LogP contribution in [0.5, 0.6) is 5.75 Å². The number of nitrogens with one attached hydrogen (secondary N) is 1. The summed E-state index contributed by atoms with van der Waals surface area (Å²) >= 11 is 13.2. The van der Waals surface area contributed by atoms with Crippen LogP contribution in [0.15, 0.2) is 47.8 Å². The van der Waals surface area contributed by atoms with E-state index in [9.17, 15) is 9.59 Å². The molecule has 0 saturated carbocycles. The smallest absolute Gasteiger partial charge is 0.341 e. The SMILES string of the molecule is CCc1ccc(-c2csc(NC(=O)COc3cc(Cl)ccc3Cl)c2C(=O)OC)cc1. The quantitative estimate of drug-likeness (QED) is 0.430. The number of anilines is 1. The van der Waals surface area contributed by atoms with E-state index < -0.39 is 11.9 Å². The van der Waals surface area contributed by atoms with E-state index in [1.54, 1.807) is 12.1 Å². The van der Waals surface area contributed by atoms with Crippen LogP contribution in [0.4, 0.5) is 5.00 Å². The monoisotopic (exact) mass is 463 g/mol. The summed E-state index contributed by atoms with van der Waals surface area (Å²) in [6.07, 6.45) is 0.922. The van der Waals surface area contributed by atoms with Crippen LogP contribution in [0.1, 0.15) is 22.8 Å². The third kappa shape index (κ3) is 5.14. The van der Waals surface area contributed by atoms with Crippen molar-refractivity contribution in [2.45, 2.75) is 13.3 Å². The lowest BCUT2D eigenvalue weighted by atomic mass is 10.0. The van der Waals surface area contributed by atoms with Crippen molar-refractivity contribution in [3.8, 4) is 16.9 Å². The number of methoxy groups -OCH3 is 1. The average molecular weight is 464 g/mol. The van der Waals surface area contributed by atoms with E-state index in [1.165, 1.54) is 30.1 Å². The number of benzene rings is 2. The Morgan fingerprint density at radius 2 is 1.83 bits per heavy atom. The molecule has 1 heterocycles. The predicted molar refractivity (Wildman–Crippen MR) is 121 cm³/mol. The highest BCUT2D eigenvalue weighted by Crippen LogP contribution is 2.36. The van der Waals surface area contributed by atoms with E-state index >= 15 is 0 Å². The molecule has 0 radical (unpaired) electrons. The Hall–Kier alpha value is -2.54. The van der Waals surface area contributed by atoms with Gasteiger partial charge in [0.15, 0.2) is 6.61 Å². The number of aryl methyl sites for hydroxylation is 1. The molecule has 2 aromatic carbocycles. The maximum Gasteiger partial charge on any atom is 0.341 e. The molecule has 30 heavy (non-hydrogen) atoms. The normalized spacial score (nSPS) is 10.5. The van der Waals surface area contributed by atoms with Crippen molar-refractivity contribution in [2.75, 3.05) is 19.0 Å². The van der Waals surface area contributed by atoms with Gasteiger partial charge in [-0.05, 0) is 29.7 Å². The summed E-state index contributed by atoms with van der Waals surface area (Å²) in [6, 6.07) is 12.7. The molecule has 0 aliphatic carbocycles. The lowest BCUT2D eigenvalue weighted by Crippen LogP contribution is -2.21. The van der Waals surface area contributed by atoms with E-state index in [1.807, 2.05) is 29.6 Å². The second kappa shape index (κ2) is 9.98. The number of thiophene rings is 1. The summed E-state index contributed by atoms with van der Waals surface area (Å²) in [5.41, 5.74) is 3.06. The lowest BCUT2D eigenvalue weighted by molar-refractivity contribution is -0.118. The summed E-state index contributed by atoms with van der Waals surface area (Å²) in [4.78, 5) is 24.8. The molecule has 0 unspecified atom stereocenters. The van der Waals surface area contributed by atoms with Crippen LogP contribution < -0.4 is 10.1 Å². The largest absolute Gasteiger partial charge is 0.482 e. The molecule has 1 amide bonds. The minimum atomic E-state index is -0.528. The molecule has 8 heteroatoms. The molecule has 3 aromatic rings. The van der Waals surface area contributed by atoms with E-state index in [0.29, 0.717) is 31.9 Å². The van der Waals surface area contributed by atoms with Crippen LogP contribution in [0.2, 0.25) is 10.0 Å². The van der Waals surface area contributed by atoms with Gasteiger partial charge in [-0.2, -0.15) is 0 Å². The molecule has 156 valence electrons. The van der Waals surface area contributed by atoms with Crippen molar-refractivity contribution >= 4 is 51.4 Å². The van der Waals surface area contributed by atoms with E-state index in [0.717, 1.165) is 12.0 Å². The van der Waals surface area contributed by atoms with Crippen molar-refractivity contribution < 1.29 is 19.1 Å². The first kappa shape index (κ1) is 22.2. The number of rotatable bonds is 7. The molecule has 0 aliphatic heterocycles. The molecule has 0 bridgehead atoms. The first-order valence-corrected chi connectivity index (χ1v) is 10.7. The highest BCUT2D eigenvalue weighted by Gasteiger charge is 2.22. The van der Waals surface area contributed by atoms with Crippen LogP contribution >= 0.6 is 34.5 Å². The highest BCUT2D eigenvalue weighted by atomic mass is 35.5. The number of amides is 1. The van der Waals surface area contributed by atoms with Gasteiger partial charge in [-0.25, -0.2) is 4.79 Å². The molecule has 0 spiro atoms. The number of ether oxygens (including phenoxy) is 2. The highest BCUT2D eigenvalue weighted by molar-refractivity contribution is 7.15. The number of carbonyl (C=O) groups excluding carboxylic acids is 2. The molecule has 0 saturated heterocycles. The number of hydrogen-bond donors (Lipinski definition) is 1. The van der Waals surface area contributed by atoms with E-state index in [2.05, 4.69) is 12.2 Å². The van der Waals surface area contributed by atoms with E-state index in [4.69, 9.17) is 32.7 Å². The number of halogens is 2.